The van der Waals surface area contributed by atoms with Crippen molar-refractivity contribution in [3.05, 3.63) is 63.7 Å². The molecule has 1 N–H and O–H groups in total. The highest BCUT2D eigenvalue weighted by Crippen LogP contribution is 2.29. The van der Waals surface area contributed by atoms with Crippen LogP contribution < -0.4 is 14.8 Å². The van der Waals surface area contributed by atoms with Gasteiger partial charge in [-0.3, -0.25) is 14.9 Å². The molecule has 0 aromatic heterocycles. The summed E-state index contributed by atoms with van der Waals surface area (Å²) in [5, 5.41) is 13.5. The number of alkyl halides is 2. The summed E-state index contributed by atoms with van der Waals surface area (Å²) in [5.74, 6) is -0.944. The van der Waals surface area contributed by atoms with E-state index in [9.17, 15) is 28.5 Å². The number of ether oxygens (including phenoxy) is 3. The van der Waals surface area contributed by atoms with E-state index in [1.807, 2.05) is 6.26 Å². The second-order valence-corrected chi connectivity index (χ2v) is 7.57. The minimum Gasteiger partial charge on any atom is -0.493 e. The number of nitrogens with zero attached hydrogens (tertiary/aromatic N) is 1. The molecule has 33 heavy (non-hydrogen) atoms. The molecule has 1 atom stereocenters. The van der Waals surface area contributed by atoms with Crippen LogP contribution >= 0.6 is 11.8 Å². The molecule has 0 radical (unpaired) electrons. The molecular weight excluding hydrogens is 462 g/mol. The van der Waals surface area contributed by atoms with Gasteiger partial charge in [-0.2, -0.15) is 20.5 Å². The maximum atomic E-state index is 12.6. The number of carbonyl (C=O) groups excluding carboxylic acids is 2. The zero-order valence-corrected chi connectivity index (χ0v) is 18.6. The summed E-state index contributed by atoms with van der Waals surface area (Å²) in [6, 6.07) is 8.24. The number of nitro groups is 1. The van der Waals surface area contributed by atoms with E-state index < -0.39 is 29.5 Å². The Kier molecular flexibility index (Phi) is 9.85. The first-order chi connectivity index (χ1) is 15.7. The van der Waals surface area contributed by atoms with Crippen LogP contribution in [0.3, 0.4) is 0 Å². The first kappa shape index (κ1) is 25.8. The summed E-state index contributed by atoms with van der Waals surface area (Å²) in [6.07, 6.45) is 2.10. The largest absolute Gasteiger partial charge is 0.493 e. The summed E-state index contributed by atoms with van der Waals surface area (Å²) in [7, 11) is 1.28. The van der Waals surface area contributed by atoms with Gasteiger partial charge in [-0.15, -0.1) is 0 Å². The van der Waals surface area contributed by atoms with E-state index in [1.165, 1.54) is 55.3 Å². The number of methoxy groups -OCH3 is 1. The molecule has 0 heterocycles. The highest BCUT2D eigenvalue weighted by Gasteiger charge is 2.24. The molecule has 1 unspecified atom stereocenters. The number of amides is 1. The fourth-order valence-corrected chi connectivity index (χ4v) is 3.21. The smallest absolute Gasteiger partial charge is 0.387 e. The Bertz CT molecular complexity index is 991. The Morgan fingerprint density at radius 2 is 1.94 bits per heavy atom. The average Bonchev–Trinajstić information content (AvgIpc) is 2.80. The van der Waals surface area contributed by atoms with Crippen molar-refractivity contribution in [2.24, 2.45) is 0 Å². The Morgan fingerprint density at radius 1 is 1.18 bits per heavy atom. The first-order valence-corrected chi connectivity index (χ1v) is 11.0. The number of nitrogens with one attached hydrogen (secondary N) is 1. The molecule has 2 aromatic rings. The number of benzene rings is 2. The second kappa shape index (κ2) is 12.6. The highest BCUT2D eigenvalue weighted by molar-refractivity contribution is 7.98. The summed E-state index contributed by atoms with van der Waals surface area (Å²) < 4.78 is 39.6. The van der Waals surface area contributed by atoms with Crippen molar-refractivity contribution in [2.45, 2.75) is 25.7 Å². The van der Waals surface area contributed by atoms with E-state index >= 15 is 0 Å². The summed E-state index contributed by atoms with van der Waals surface area (Å²) in [6.45, 7) is -3.22. The van der Waals surface area contributed by atoms with Crippen LogP contribution in [0.25, 0.3) is 0 Å². The van der Waals surface area contributed by atoms with E-state index in [0.717, 1.165) is 6.07 Å². The fraction of sp³-hybridized carbons (Fsp3) is 0.333. The molecular formula is C21H22F2N2O7S. The molecule has 0 saturated heterocycles. The van der Waals surface area contributed by atoms with Gasteiger partial charge < -0.3 is 19.5 Å². The van der Waals surface area contributed by atoms with Crippen LogP contribution in [0.5, 0.6) is 11.5 Å². The van der Waals surface area contributed by atoms with Crippen LogP contribution in [-0.4, -0.2) is 48.6 Å². The van der Waals surface area contributed by atoms with Crippen LogP contribution in [0.1, 0.15) is 22.3 Å². The highest BCUT2D eigenvalue weighted by atomic mass is 32.2. The lowest BCUT2D eigenvalue weighted by atomic mass is 10.1. The zero-order chi connectivity index (χ0) is 24.4. The third kappa shape index (κ3) is 7.90. The molecule has 0 aliphatic rings. The van der Waals surface area contributed by atoms with Crippen LogP contribution in [0.4, 0.5) is 14.5 Å². The summed E-state index contributed by atoms with van der Waals surface area (Å²) in [5.41, 5.74) is 0.236. The molecule has 0 saturated carbocycles. The Morgan fingerprint density at radius 3 is 2.58 bits per heavy atom. The molecule has 1 amide bonds. The number of thioether (sulfide) groups is 1. The molecule has 178 valence electrons. The number of nitro benzene ring substituents is 1. The maximum Gasteiger partial charge on any atom is 0.387 e. The minimum atomic E-state index is -3.02. The lowest BCUT2D eigenvalue weighted by molar-refractivity contribution is -0.384. The Balaban J connectivity index is 2.07. The van der Waals surface area contributed by atoms with E-state index in [-0.39, 0.29) is 35.8 Å². The molecule has 2 rings (SSSR count). The third-order valence-corrected chi connectivity index (χ3v) is 4.99. The third-order valence-electron chi connectivity index (χ3n) is 4.34. The predicted octanol–water partition coefficient (Wildman–Crippen LogP) is 3.80. The molecule has 12 heteroatoms. The van der Waals surface area contributed by atoms with Gasteiger partial charge >= 0.3 is 12.6 Å². The van der Waals surface area contributed by atoms with Gasteiger partial charge in [-0.05, 0) is 42.2 Å². The quantitative estimate of drug-likeness (QED) is 0.275. The van der Waals surface area contributed by atoms with Gasteiger partial charge in [0.25, 0.3) is 11.6 Å². The predicted molar refractivity (Wildman–Crippen MR) is 117 cm³/mol. The van der Waals surface area contributed by atoms with Gasteiger partial charge in [0.05, 0.1) is 12.0 Å². The van der Waals surface area contributed by atoms with Crippen molar-refractivity contribution in [3.63, 3.8) is 0 Å². The normalized spacial score (nSPS) is 11.5. The standard InChI is InChI=1S/C21H22F2N2O7S/c1-30-18-10-13(6-7-17(18)32-21(22)23)12-31-20(27)16(8-9-33-2)24-19(26)14-4-3-5-15(11-14)25(28)29/h3-7,10-11,16,21H,8-9,12H2,1-2H3,(H,24,26). The second-order valence-electron chi connectivity index (χ2n) is 6.59. The average molecular weight is 484 g/mol. The topological polar surface area (TPSA) is 117 Å². The Labute approximate surface area is 192 Å². The molecule has 2 aromatic carbocycles. The molecule has 0 aliphatic carbocycles. The number of hydrogen-bond donors (Lipinski definition) is 1. The molecule has 0 fully saturated rings. The number of rotatable bonds is 12. The van der Waals surface area contributed by atoms with Crippen LogP contribution in [0, 0.1) is 10.1 Å². The van der Waals surface area contributed by atoms with Gasteiger partial charge in [0.15, 0.2) is 11.5 Å². The molecule has 0 bridgehead atoms. The van der Waals surface area contributed by atoms with Crippen LogP contribution in [0.2, 0.25) is 0 Å². The summed E-state index contributed by atoms with van der Waals surface area (Å²) in [4.78, 5) is 35.5. The summed E-state index contributed by atoms with van der Waals surface area (Å²) >= 11 is 1.46. The van der Waals surface area contributed by atoms with E-state index in [4.69, 9.17) is 9.47 Å². The molecule has 9 nitrogen and oxygen atoms in total. The van der Waals surface area contributed by atoms with Gasteiger partial charge in [-0.25, -0.2) is 4.79 Å². The van der Waals surface area contributed by atoms with Crippen LogP contribution in [0.15, 0.2) is 42.5 Å². The maximum absolute atomic E-state index is 12.6. The van der Waals surface area contributed by atoms with Crippen molar-refractivity contribution in [2.75, 3.05) is 19.1 Å². The van der Waals surface area contributed by atoms with Crippen molar-refractivity contribution in [1.29, 1.82) is 0 Å². The first-order valence-electron chi connectivity index (χ1n) is 9.57. The van der Waals surface area contributed by atoms with Gasteiger partial charge in [-0.1, -0.05) is 12.1 Å². The molecule has 0 aliphatic heterocycles. The van der Waals surface area contributed by atoms with E-state index in [1.54, 1.807) is 0 Å². The minimum absolute atomic E-state index is 0.0329. The van der Waals surface area contributed by atoms with Crippen LogP contribution in [-0.2, 0) is 16.1 Å². The SMILES string of the molecule is COc1cc(COC(=O)C(CCSC)NC(=O)c2cccc([N+](=O)[O-])c2)ccc1OC(F)F. The fourth-order valence-electron chi connectivity index (χ4n) is 2.74. The number of halogens is 2. The number of carbonyl (C=O) groups is 2. The monoisotopic (exact) mass is 484 g/mol. The number of hydrogen-bond acceptors (Lipinski definition) is 8. The molecule has 0 spiro atoms. The van der Waals surface area contributed by atoms with Crippen molar-refractivity contribution < 1.29 is 37.5 Å². The lowest BCUT2D eigenvalue weighted by Gasteiger charge is -2.18. The van der Waals surface area contributed by atoms with Gasteiger partial charge in [0, 0.05) is 17.7 Å². The van der Waals surface area contributed by atoms with E-state index in [0.29, 0.717) is 11.3 Å². The van der Waals surface area contributed by atoms with E-state index in [2.05, 4.69) is 10.1 Å². The van der Waals surface area contributed by atoms with Crippen molar-refractivity contribution >= 4 is 29.3 Å². The number of esters is 1. The number of non-ortho nitro benzene ring substituents is 1. The van der Waals surface area contributed by atoms with Crippen molar-refractivity contribution in [3.8, 4) is 11.5 Å². The van der Waals surface area contributed by atoms with Gasteiger partial charge in [0.1, 0.15) is 12.6 Å². The van der Waals surface area contributed by atoms with Gasteiger partial charge in [0.2, 0.25) is 0 Å². The Hall–Kier alpha value is -3.41. The lowest BCUT2D eigenvalue weighted by Crippen LogP contribution is -2.42. The zero-order valence-electron chi connectivity index (χ0n) is 17.8. The van der Waals surface area contributed by atoms with Crippen molar-refractivity contribution in [1.82, 2.24) is 5.32 Å².